The molecule has 1 amide bonds. The zero-order valence-electron chi connectivity index (χ0n) is 15.8. The number of carbonyl (C=O) groups is 1. The van der Waals surface area contributed by atoms with Crippen LogP contribution < -0.4 is 0 Å². The predicted molar refractivity (Wildman–Crippen MR) is 111 cm³/mol. The van der Waals surface area contributed by atoms with E-state index in [-0.39, 0.29) is 5.91 Å². The fourth-order valence-electron chi connectivity index (χ4n) is 4.01. The molecule has 1 saturated heterocycles. The Balaban J connectivity index is 1.42. The second-order valence-electron chi connectivity index (χ2n) is 7.40. The fraction of sp³-hybridized carbons (Fsp3) is 0.292. The number of rotatable bonds is 4. The summed E-state index contributed by atoms with van der Waals surface area (Å²) in [5, 5.41) is 2.17. The largest absolute Gasteiger partial charge is 0.336 e. The highest BCUT2D eigenvalue weighted by atomic mass is 16.2. The summed E-state index contributed by atoms with van der Waals surface area (Å²) in [5.41, 5.74) is 2.19. The molecule has 3 aromatic rings. The zero-order valence-corrected chi connectivity index (χ0v) is 15.8. The Kier molecular flexibility index (Phi) is 5.21. The van der Waals surface area contributed by atoms with Crippen molar-refractivity contribution >= 4 is 16.7 Å². The Morgan fingerprint density at radius 1 is 0.926 bits per heavy atom. The molecule has 27 heavy (non-hydrogen) atoms. The van der Waals surface area contributed by atoms with E-state index in [1.807, 2.05) is 35.2 Å². The number of piperazine rings is 1. The van der Waals surface area contributed by atoms with Crippen molar-refractivity contribution < 1.29 is 4.79 Å². The summed E-state index contributed by atoms with van der Waals surface area (Å²) in [4.78, 5) is 17.7. The Hall–Kier alpha value is -2.65. The van der Waals surface area contributed by atoms with E-state index in [0.29, 0.717) is 6.04 Å². The van der Waals surface area contributed by atoms with Crippen LogP contribution in [0.1, 0.15) is 22.8 Å². The van der Waals surface area contributed by atoms with Gasteiger partial charge in [0.05, 0.1) is 0 Å². The molecule has 1 unspecified atom stereocenters. The Morgan fingerprint density at radius 2 is 1.67 bits per heavy atom. The molecule has 1 aliphatic heterocycles. The first kappa shape index (κ1) is 17.7. The topological polar surface area (TPSA) is 23.6 Å². The zero-order chi connectivity index (χ0) is 18.6. The highest BCUT2D eigenvalue weighted by Gasteiger charge is 2.27. The molecule has 4 rings (SSSR count). The van der Waals surface area contributed by atoms with Crippen LogP contribution in [0.2, 0.25) is 0 Å². The molecule has 0 aliphatic carbocycles. The quantitative estimate of drug-likeness (QED) is 0.697. The molecule has 0 saturated carbocycles. The number of benzene rings is 3. The molecule has 0 radical (unpaired) electrons. The fourth-order valence-corrected chi connectivity index (χ4v) is 4.01. The Morgan fingerprint density at radius 3 is 2.48 bits per heavy atom. The van der Waals surface area contributed by atoms with Crippen molar-refractivity contribution in [2.45, 2.75) is 19.4 Å². The third kappa shape index (κ3) is 3.88. The van der Waals surface area contributed by atoms with Crippen molar-refractivity contribution in [3.63, 3.8) is 0 Å². The Bertz CT molecular complexity index is 917. The normalized spacial score (nSPS) is 18.0. The third-order valence-corrected chi connectivity index (χ3v) is 5.60. The van der Waals surface area contributed by atoms with Crippen LogP contribution in [0.15, 0.2) is 72.8 Å². The van der Waals surface area contributed by atoms with E-state index in [4.69, 9.17) is 0 Å². The van der Waals surface area contributed by atoms with Crippen molar-refractivity contribution in [1.29, 1.82) is 0 Å². The molecule has 1 heterocycles. The molecule has 0 aromatic heterocycles. The standard InChI is InChI=1S/C24H26N2O/c1-19-18-26(17-16-25(19)15-14-20-8-3-2-4-9-20)24(27)23-13-7-11-21-10-5-6-12-22(21)23/h2-13,19H,14-18H2,1H3. The van der Waals surface area contributed by atoms with Crippen LogP contribution in [-0.4, -0.2) is 47.9 Å². The van der Waals surface area contributed by atoms with Gasteiger partial charge in [0.15, 0.2) is 0 Å². The van der Waals surface area contributed by atoms with Crippen molar-refractivity contribution in [2.24, 2.45) is 0 Å². The number of hydrogen-bond acceptors (Lipinski definition) is 2. The maximum absolute atomic E-state index is 13.2. The molecule has 3 nitrogen and oxygen atoms in total. The maximum atomic E-state index is 13.2. The number of amides is 1. The minimum absolute atomic E-state index is 0.154. The highest BCUT2D eigenvalue weighted by Crippen LogP contribution is 2.21. The summed E-state index contributed by atoms with van der Waals surface area (Å²) in [6.45, 7) is 5.79. The van der Waals surface area contributed by atoms with Crippen molar-refractivity contribution in [2.75, 3.05) is 26.2 Å². The SMILES string of the molecule is CC1CN(C(=O)c2cccc3ccccc23)CCN1CCc1ccccc1. The lowest BCUT2D eigenvalue weighted by Crippen LogP contribution is -2.54. The Labute approximate surface area is 161 Å². The number of nitrogens with zero attached hydrogens (tertiary/aromatic N) is 2. The molecule has 0 bridgehead atoms. The third-order valence-electron chi connectivity index (χ3n) is 5.60. The minimum Gasteiger partial charge on any atom is -0.336 e. The van der Waals surface area contributed by atoms with Gasteiger partial charge in [-0.2, -0.15) is 0 Å². The van der Waals surface area contributed by atoms with Gasteiger partial charge < -0.3 is 4.90 Å². The van der Waals surface area contributed by atoms with Gasteiger partial charge >= 0.3 is 0 Å². The summed E-state index contributed by atoms with van der Waals surface area (Å²) in [7, 11) is 0. The molecule has 0 N–H and O–H groups in total. The number of carbonyl (C=O) groups excluding carboxylic acids is 1. The monoisotopic (exact) mass is 358 g/mol. The van der Waals surface area contributed by atoms with Crippen LogP contribution in [0.3, 0.4) is 0 Å². The van der Waals surface area contributed by atoms with Gasteiger partial charge in [0.2, 0.25) is 0 Å². The van der Waals surface area contributed by atoms with E-state index < -0.39 is 0 Å². The van der Waals surface area contributed by atoms with Gasteiger partial charge in [-0.1, -0.05) is 66.7 Å². The van der Waals surface area contributed by atoms with Crippen LogP contribution in [0.5, 0.6) is 0 Å². The van der Waals surface area contributed by atoms with Gasteiger partial charge in [0.1, 0.15) is 0 Å². The van der Waals surface area contributed by atoms with Crippen LogP contribution >= 0.6 is 0 Å². The summed E-state index contributed by atoms with van der Waals surface area (Å²) >= 11 is 0. The summed E-state index contributed by atoms with van der Waals surface area (Å²) < 4.78 is 0. The molecule has 3 aromatic carbocycles. The second kappa shape index (κ2) is 7.93. The van der Waals surface area contributed by atoms with Crippen LogP contribution in [0.25, 0.3) is 10.8 Å². The molecular formula is C24H26N2O. The molecule has 138 valence electrons. The second-order valence-corrected chi connectivity index (χ2v) is 7.40. The first-order valence-corrected chi connectivity index (χ1v) is 9.77. The van der Waals surface area contributed by atoms with Gasteiger partial charge in [-0.15, -0.1) is 0 Å². The number of hydrogen-bond donors (Lipinski definition) is 0. The average molecular weight is 358 g/mol. The summed E-state index contributed by atoms with van der Waals surface area (Å²) in [5.74, 6) is 0.154. The van der Waals surface area contributed by atoms with E-state index in [9.17, 15) is 4.79 Å². The van der Waals surface area contributed by atoms with Gasteiger partial charge in [-0.25, -0.2) is 0 Å². The predicted octanol–water partition coefficient (Wildman–Crippen LogP) is 4.23. The van der Waals surface area contributed by atoms with E-state index in [1.54, 1.807) is 0 Å². The number of fused-ring (bicyclic) bond motifs is 1. The van der Waals surface area contributed by atoms with Gasteiger partial charge in [-0.3, -0.25) is 9.69 Å². The summed E-state index contributed by atoms with van der Waals surface area (Å²) in [6.07, 6.45) is 1.06. The molecule has 3 heteroatoms. The van der Waals surface area contributed by atoms with Crippen LogP contribution in [0.4, 0.5) is 0 Å². The van der Waals surface area contributed by atoms with Crippen molar-refractivity contribution in [1.82, 2.24) is 9.80 Å². The smallest absolute Gasteiger partial charge is 0.254 e. The lowest BCUT2D eigenvalue weighted by molar-refractivity contribution is 0.0519. The van der Waals surface area contributed by atoms with Gasteiger partial charge in [-0.05, 0) is 35.7 Å². The van der Waals surface area contributed by atoms with E-state index in [0.717, 1.165) is 48.9 Å². The lowest BCUT2D eigenvalue weighted by atomic mass is 10.0. The van der Waals surface area contributed by atoms with Crippen LogP contribution in [0, 0.1) is 0 Å². The molecule has 1 aliphatic rings. The first-order valence-electron chi connectivity index (χ1n) is 9.77. The van der Waals surface area contributed by atoms with E-state index in [1.165, 1.54) is 5.56 Å². The first-order chi connectivity index (χ1) is 13.2. The maximum Gasteiger partial charge on any atom is 0.254 e. The molecule has 1 atom stereocenters. The van der Waals surface area contributed by atoms with E-state index in [2.05, 4.69) is 54.3 Å². The van der Waals surface area contributed by atoms with Gasteiger partial charge in [0.25, 0.3) is 5.91 Å². The highest BCUT2D eigenvalue weighted by molar-refractivity contribution is 6.07. The van der Waals surface area contributed by atoms with Crippen molar-refractivity contribution in [3.8, 4) is 0 Å². The van der Waals surface area contributed by atoms with E-state index >= 15 is 0 Å². The van der Waals surface area contributed by atoms with Crippen LogP contribution in [-0.2, 0) is 6.42 Å². The lowest BCUT2D eigenvalue weighted by Gasteiger charge is -2.40. The van der Waals surface area contributed by atoms with Gasteiger partial charge in [0, 0.05) is 37.8 Å². The minimum atomic E-state index is 0.154. The summed E-state index contributed by atoms with van der Waals surface area (Å²) in [6, 6.07) is 25.1. The molecule has 0 spiro atoms. The molecular weight excluding hydrogens is 332 g/mol. The van der Waals surface area contributed by atoms with Crippen molar-refractivity contribution in [3.05, 3.63) is 83.9 Å². The molecule has 1 fully saturated rings. The average Bonchev–Trinajstić information content (AvgIpc) is 2.72.